The van der Waals surface area contributed by atoms with Gasteiger partial charge in [-0.15, -0.1) is 0 Å². The fourth-order valence-electron chi connectivity index (χ4n) is 6.45. The van der Waals surface area contributed by atoms with E-state index in [4.69, 9.17) is 16.6 Å². The number of rotatable bonds is 7. The second kappa shape index (κ2) is 12.9. The predicted molar refractivity (Wildman–Crippen MR) is 166 cm³/mol. The molecule has 0 saturated carbocycles. The zero-order chi connectivity index (χ0) is 29.1. The summed E-state index contributed by atoms with van der Waals surface area (Å²) >= 11 is 6.05. The van der Waals surface area contributed by atoms with Crippen molar-refractivity contribution in [1.82, 2.24) is 25.1 Å². The van der Waals surface area contributed by atoms with Crippen molar-refractivity contribution in [3.8, 4) is 11.3 Å². The molecule has 2 aromatic heterocycles. The predicted octanol–water partition coefficient (Wildman–Crippen LogP) is 7.03. The Bertz CT molecular complexity index is 1550. The Balaban J connectivity index is 1.39. The minimum atomic E-state index is -0.515. The van der Waals surface area contributed by atoms with Crippen LogP contribution >= 0.6 is 11.6 Å². The third-order valence-electron chi connectivity index (χ3n) is 8.76. The number of amides is 1. The van der Waals surface area contributed by atoms with Gasteiger partial charge in [0.25, 0.3) is 5.91 Å². The topological polar surface area (TPSA) is 61.4 Å². The molecule has 8 heteroatoms. The molecule has 2 fully saturated rings. The van der Waals surface area contributed by atoms with Gasteiger partial charge in [-0.3, -0.25) is 14.7 Å². The van der Waals surface area contributed by atoms with Gasteiger partial charge < -0.3 is 10.2 Å². The van der Waals surface area contributed by atoms with Crippen LogP contribution in [0.2, 0.25) is 5.02 Å². The van der Waals surface area contributed by atoms with Gasteiger partial charge in [0.15, 0.2) is 0 Å². The van der Waals surface area contributed by atoms with Crippen molar-refractivity contribution >= 4 is 28.5 Å². The zero-order valence-electron chi connectivity index (χ0n) is 24.0. The number of carbonyl (C=O) groups is 1. The normalized spacial score (nSPS) is 17.8. The molecule has 1 amide bonds. The van der Waals surface area contributed by atoms with Crippen molar-refractivity contribution in [1.29, 1.82) is 0 Å². The maximum atomic E-state index is 14.7. The first-order chi connectivity index (χ1) is 20.5. The Morgan fingerprint density at radius 2 is 1.79 bits per heavy atom. The number of nitrogens with one attached hydrogen (secondary N) is 1. The smallest absolute Gasteiger partial charge is 0.254 e. The van der Waals surface area contributed by atoms with Gasteiger partial charge in [-0.1, -0.05) is 54.4 Å². The summed E-state index contributed by atoms with van der Waals surface area (Å²) in [7, 11) is 0. The van der Waals surface area contributed by atoms with Crippen LogP contribution in [0.5, 0.6) is 0 Å². The molecule has 0 bridgehead atoms. The van der Waals surface area contributed by atoms with Gasteiger partial charge in [0.1, 0.15) is 11.3 Å². The molecule has 0 aliphatic carbocycles. The Labute approximate surface area is 251 Å². The lowest BCUT2D eigenvalue weighted by Gasteiger charge is -2.40. The van der Waals surface area contributed by atoms with Crippen molar-refractivity contribution < 1.29 is 9.18 Å². The second-order valence-electron chi connectivity index (χ2n) is 11.5. The van der Waals surface area contributed by atoms with Gasteiger partial charge in [0.05, 0.1) is 27.8 Å². The Morgan fingerprint density at radius 1 is 1.02 bits per heavy atom. The van der Waals surface area contributed by atoms with Crippen LogP contribution in [0.15, 0.2) is 66.9 Å². The Kier molecular flexibility index (Phi) is 8.79. The van der Waals surface area contributed by atoms with E-state index >= 15 is 0 Å². The van der Waals surface area contributed by atoms with E-state index in [-0.39, 0.29) is 17.0 Å². The number of hydrogen-bond donors (Lipinski definition) is 1. The molecule has 218 valence electrons. The molecule has 2 aromatic carbocycles. The largest absolute Gasteiger partial charge is 0.345 e. The number of aromatic nitrogens is 2. The summed E-state index contributed by atoms with van der Waals surface area (Å²) in [5, 5.41) is 3.26. The van der Waals surface area contributed by atoms with Crippen LogP contribution in [-0.2, 0) is 6.54 Å². The highest BCUT2D eigenvalue weighted by Gasteiger charge is 2.29. The lowest BCUT2D eigenvalue weighted by Crippen LogP contribution is -2.46. The van der Waals surface area contributed by atoms with Gasteiger partial charge in [-0.25, -0.2) is 9.37 Å². The maximum absolute atomic E-state index is 14.7. The Hall–Kier alpha value is -3.39. The van der Waals surface area contributed by atoms with Crippen molar-refractivity contribution in [3.63, 3.8) is 0 Å². The lowest BCUT2D eigenvalue weighted by atomic mass is 9.95. The summed E-state index contributed by atoms with van der Waals surface area (Å²) in [5.41, 5.74) is 4.58. The summed E-state index contributed by atoms with van der Waals surface area (Å²) in [6.07, 6.45) is 7.79. The molecule has 42 heavy (non-hydrogen) atoms. The summed E-state index contributed by atoms with van der Waals surface area (Å²) in [6, 6.07) is 18.7. The first kappa shape index (κ1) is 28.7. The average Bonchev–Trinajstić information content (AvgIpc) is 3.03. The van der Waals surface area contributed by atoms with Gasteiger partial charge in [0.2, 0.25) is 0 Å². The van der Waals surface area contributed by atoms with Crippen LogP contribution in [0.3, 0.4) is 0 Å². The number of benzene rings is 2. The Morgan fingerprint density at radius 3 is 2.52 bits per heavy atom. The number of halogens is 2. The fourth-order valence-corrected chi connectivity index (χ4v) is 6.57. The molecular formula is C34H37ClFN5O. The number of hydrogen-bond acceptors (Lipinski definition) is 5. The lowest BCUT2D eigenvalue weighted by molar-refractivity contribution is 0.0883. The van der Waals surface area contributed by atoms with Gasteiger partial charge in [-0.05, 0) is 88.6 Å². The molecular weight excluding hydrogens is 549 g/mol. The minimum absolute atomic E-state index is 0.0530. The first-order valence-corrected chi connectivity index (χ1v) is 15.4. The average molecular weight is 586 g/mol. The van der Waals surface area contributed by atoms with Crippen molar-refractivity contribution in [2.75, 3.05) is 26.2 Å². The molecule has 4 heterocycles. The fraction of sp³-hybridized carbons (Fsp3) is 0.382. The quantitative estimate of drug-likeness (QED) is 0.252. The molecule has 1 N–H and O–H groups in total. The molecule has 0 spiro atoms. The van der Waals surface area contributed by atoms with Gasteiger partial charge in [0, 0.05) is 29.9 Å². The van der Waals surface area contributed by atoms with E-state index in [9.17, 15) is 9.18 Å². The molecule has 0 radical (unpaired) electrons. The van der Waals surface area contributed by atoms with Crippen LogP contribution in [0, 0.1) is 5.82 Å². The standard InChI is InChI=1S/C34H37ClFN5O/c1-23(24-9-4-2-5-10-24)38-34(42)31-27(22-40-19-14-26(15-20-40)41-17-6-3-7-18-41)32(25-12-13-28(35)29(36)21-25)39-30-11-8-16-37-33(30)31/h2,4-5,8-13,16,21,23,26H,3,6-7,14-15,17-20,22H2,1H3,(H,38,42). The van der Waals surface area contributed by atoms with Crippen LogP contribution in [0.1, 0.15) is 66.6 Å². The zero-order valence-corrected chi connectivity index (χ0v) is 24.8. The van der Waals surface area contributed by atoms with Crippen molar-refractivity contribution in [3.05, 3.63) is 94.4 Å². The van der Waals surface area contributed by atoms with E-state index in [0.29, 0.717) is 40.4 Å². The molecule has 6 rings (SSSR count). The second-order valence-corrected chi connectivity index (χ2v) is 11.9. The number of carbonyl (C=O) groups excluding carboxylic acids is 1. The van der Waals surface area contributed by atoms with Crippen molar-refractivity contribution in [2.24, 2.45) is 0 Å². The van der Waals surface area contributed by atoms with Crippen LogP contribution < -0.4 is 5.32 Å². The highest BCUT2D eigenvalue weighted by Crippen LogP contribution is 2.33. The van der Waals surface area contributed by atoms with Crippen LogP contribution in [-0.4, -0.2) is 57.9 Å². The maximum Gasteiger partial charge on any atom is 0.254 e. The van der Waals surface area contributed by atoms with E-state index < -0.39 is 5.82 Å². The molecule has 1 unspecified atom stereocenters. The minimum Gasteiger partial charge on any atom is -0.345 e. The number of pyridine rings is 2. The van der Waals surface area contributed by atoms with Crippen molar-refractivity contribution in [2.45, 2.75) is 57.7 Å². The molecule has 2 aliphatic rings. The van der Waals surface area contributed by atoms with Gasteiger partial charge in [-0.2, -0.15) is 0 Å². The van der Waals surface area contributed by atoms with Crippen LogP contribution in [0.25, 0.3) is 22.3 Å². The molecule has 6 nitrogen and oxygen atoms in total. The molecule has 2 saturated heterocycles. The van der Waals surface area contributed by atoms with E-state index in [2.05, 4.69) is 20.1 Å². The van der Waals surface area contributed by atoms with E-state index in [1.807, 2.05) is 43.3 Å². The first-order valence-electron chi connectivity index (χ1n) is 15.0. The number of fused-ring (bicyclic) bond motifs is 1. The molecule has 4 aromatic rings. The monoisotopic (exact) mass is 585 g/mol. The third-order valence-corrected chi connectivity index (χ3v) is 9.06. The molecule has 1 atom stereocenters. The number of piperidine rings is 2. The summed E-state index contributed by atoms with van der Waals surface area (Å²) < 4.78 is 14.7. The highest BCUT2D eigenvalue weighted by molar-refractivity contribution is 6.30. The summed E-state index contributed by atoms with van der Waals surface area (Å²) in [4.78, 5) is 28.8. The van der Waals surface area contributed by atoms with E-state index in [1.54, 1.807) is 24.4 Å². The third kappa shape index (κ3) is 6.19. The van der Waals surface area contributed by atoms with Crippen LogP contribution in [0.4, 0.5) is 4.39 Å². The number of likely N-dealkylation sites (tertiary alicyclic amines) is 2. The SMILES string of the molecule is CC(NC(=O)c1c(CN2CCC(N3CCCCC3)CC2)c(-c2ccc(Cl)c(F)c2)nc2cccnc12)c1ccccc1. The molecule has 2 aliphatic heterocycles. The highest BCUT2D eigenvalue weighted by atomic mass is 35.5. The summed E-state index contributed by atoms with van der Waals surface area (Å²) in [6.45, 7) is 6.75. The van der Waals surface area contributed by atoms with Gasteiger partial charge >= 0.3 is 0 Å². The van der Waals surface area contributed by atoms with E-state index in [1.165, 1.54) is 38.4 Å². The number of nitrogens with zero attached hydrogens (tertiary/aromatic N) is 4. The van der Waals surface area contributed by atoms with E-state index in [0.717, 1.165) is 37.1 Å². The summed E-state index contributed by atoms with van der Waals surface area (Å²) in [5.74, 6) is -0.731.